The molecule has 0 spiro atoms. The van der Waals surface area contributed by atoms with Gasteiger partial charge in [-0.2, -0.15) is 0 Å². The van der Waals surface area contributed by atoms with Crippen LogP contribution in [-0.4, -0.2) is 32.9 Å². The quantitative estimate of drug-likeness (QED) is 0.486. The zero-order valence-corrected chi connectivity index (χ0v) is 15.6. The van der Waals surface area contributed by atoms with E-state index in [0.29, 0.717) is 0 Å². The molecule has 3 aromatic heterocycles. The molecule has 3 heterocycles. The molecule has 0 aliphatic rings. The van der Waals surface area contributed by atoms with Crippen molar-refractivity contribution in [1.29, 1.82) is 0 Å². The summed E-state index contributed by atoms with van der Waals surface area (Å²) in [6, 6.07) is 13.9. The molecule has 0 fully saturated rings. The topological polar surface area (TPSA) is 159 Å². The second-order valence-electron chi connectivity index (χ2n) is 4.51. The van der Waals surface area contributed by atoms with Gasteiger partial charge in [0.1, 0.15) is 0 Å². The Morgan fingerprint density at radius 2 is 0.786 bits per heavy atom. The van der Waals surface area contributed by atoms with E-state index in [9.17, 15) is 29.7 Å². The molecule has 0 amide bonds. The average molecular weight is 417 g/mol. The van der Waals surface area contributed by atoms with Crippen LogP contribution >= 0.6 is 0 Å². The molecule has 0 aliphatic heterocycles. The van der Waals surface area contributed by atoms with E-state index < -0.39 is 17.9 Å². The van der Waals surface area contributed by atoms with Gasteiger partial charge in [0.25, 0.3) is 0 Å². The van der Waals surface area contributed by atoms with Gasteiger partial charge >= 0.3 is 0 Å². The molecule has 10 heteroatoms. The maximum Gasteiger partial charge on any atom is 0.0899 e. The zero-order chi connectivity index (χ0) is 20.1. The predicted octanol–water partition coefficient (Wildman–Crippen LogP) is -1.67. The second-order valence-corrected chi connectivity index (χ2v) is 4.51. The van der Waals surface area contributed by atoms with Crippen molar-refractivity contribution >= 4 is 17.9 Å². The fraction of sp³-hybridized carbons (Fsp3) is 0. The van der Waals surface area contributed by atoms with Crippen LogP contribution in [0.2, 0.25) is 0 Å². The number of rotatable bonds is 3. The minimum Gasteiger partial charge on any atom is -0.543 e. The fourth-order valence-corrected chi connectivity index (χ4v) is 1.45. The summed E-state index contributed by atoms with van der Waals surface area (Å²) in [6.45, 7) is 0. The molecular weight excluding hydrogens is 405 g/mol. The monoisotopic (exact) mass is 417 g/mol. The number of aromatic nitrogens is 3. The summed E-state index contributed by atoms with van der Waals surface area (Å²) in [4.78, 5) is 40.6. The minimum atomic E-state index is -1.24. The van der Waals surface area contributed by atoms with E-state index >= 15 is 0 Å². The largest absolute Gasteiger partial charge is 0.543 e. The second kappa shape index (κ2) is 13.6. The van der Waals surface area contributed by atoms with Gasteiger partial charge in [0.2, 0.25) is 0 Å². The number of nitrogens with zero attached hydrogens (tertiary/aromatic N) is 3. The van der Waals surface area contributed by atoms with Gasteiger partial charge in [0, 0.05) is 37.1 Å². The molecule has 0 N–H and O–H groups in total. The van der Waals surface area contributed by atoms with E-state index in [4.69, 9.17) is 0 Å². The van der Waals surface area contributed by atoms with E-state index in [1.54, 1.807) is 36.4 Å². The van der Waals surface area contributed by atoms with Gasteiger partial charge in [-0.15, -0.1) is 0 Å². The molecule has 9 nitrogen and oxygen atoms in total. The first-order chi connectivity index (χ1) is 12.9. The summed E-state index contributed by atoms with van der Waals surface area (Å²) >= 11 is 0. The number of pyridine rings is 3. The minimum absolute atomic E-state index is 0. The SMILES string of the molecule is O=C([O-])c1ccccn1.O=C([O-])c1ccccn1.O=C([O-])c1ccccn1.[V]. The third-order valence-corrected chi connectivity index (χ3v) is 2.62. The molecule has 0 saturated carbocycles. The van der Waals surface area contributed by atoms with E-state index in [1.807, 2.05) is 0 Å². The summed E-state index contributed by atoms with van der Waals surface area (Å²) in [5.41, 5.74) is -0.0903. The number of carbonyl (C=O) groups excluding carboxylic acids is 3. The van der Waals surface area contributed by atoms with Crippen LogP contribution in [0.15, 0.2) is 73.2 Å². The molecule has 0 aromatic carbocycles. The van der Waals surface area contributed by atoms with Crippen molar-refractivity contribution in [2.45, 2.75) is 0 Å². The maximum atomic E-state index is 10.0. The van der Waals surface area contributed by atoms with Gasteiger partial charge in [-0.3, -0.25) is 15.0 Å². The van der Waals surface area contributed by atoms with Crippen molar-refractivity contribution < 1.29 is 48.3 Å². The summed E-state index contributed by atoms with van der Waals surface area (Å²) in [7, 11) is 0. The number of hydrogen-bond acceptors (Lipinski definition) is 9. The molecule has 0 saturated heterocycles. The van der Waals surface area contributed by atoms with Crippen LogP contribution in [0.5, 0.6) is 0 Å². The molecule has 28 heavy (non-hydrogen) atoms. The normalized spacial score (nSPS) is 8.57. The number of carboxylic acids is 3. The van der Waals surface area contributed by atoms with Crippen LogP contribution in [-0.2, 0) is 18.6 Å². The maximum absolute atomic E-state index is 10.0. The standard InChI is InChI=1S/3C6H5NO2.V/c3*8-6(9)5-3-1-2-4-7-5;/h3*1-4H,(H,8,9);/p-3. The summed E-state index contributed by atoms with van der Waals surface area (Å²) in [6.07, 6.45) is 4.22. The van der Waals surface area contributed by atoms with Gasteiger partial charge in [-0.1, -0.05) is 18.2 Å². The van der Waals surface area contributed by atoms with Gasteiger partial charge in [0.15, 0.2) is 0 Å². The molecular formula is C18H12N3O6V-3. The first-order valence-electron chi connectivity index (χ1n) is 7.29. The Labute approximate surface area is 171 Å². The van der Waals surface area contributed by atoms with Crippen molar-refractivity contribution in [3.63, 3.8) is 0 Å². The first-order valence-corrected chi connectivity index (χ1v) is 7.29. The van der Waals surface area contributed by atoms with E-state index in [0.717, 1.165) is 0 Å². The summed E-state index contributed by atoms with van der Waals surface area (Å²) in [5, 5.41) is 30.1. The third kappa shape index (κ3) is 9.81. The Morgan fingerprint density at radius 1 is 0.536 bits per heavy atom. The average Bonchev–Trinajstić information content (AvgIpc) is 2.71. The third-order valence-electron chi connectivity index (χ3n) is 2.62. The molecule has 1 radical (unpaired) electrons. The predicted molar refractivity (Wildman–Crippen MR) is 85.7 cm³/mol. The Hall–Kier alpha value is -3.56. The van der Waals surface area contributed by atoms with Crippen LogP contribution in [0, 0.1) is 0 Å². The Bertz CT molecular complexity index is 747. The van der Waals surface area contributed by atoms with Gasteiger partial charge in [0.05, 0.1) is 35.0 Å². The Balaban J connectivity index is 0.000000384. The van der Waals surface area contributed by atoms with E-state index in [-0.39, 0.29) is 35.6 Å². The zero-order valence-electron chi connectivity index (χ0n) is 14.2. The molecule has 0 unspecified atom stereocenters. The molecule has 3 rings (SSSR count). The molecule has 3 aromatic rings. The smallest absolute Gasteiger partial charge is 0.0899 e. The van der Waals surface area contributed by atoms with Crippen molar-refractivity contribution in [3.05, 3.63) is 90.3 Å². The van der Waals surface area contributed by atoms with Crippen LogP contribution in [0.4, 0.5) is 0 Å². The number of aromatic carboxylic acids is 3. The van der Waals surface area contributed by atoms with Crippen molar-refractivity contribution in [3.8, 4) is 0 Å². The molecule has 143 valence electrons. The van der Waals surface area contributed by atoms with Gasteiger partial charge in [-0.25, -0.2) is 0 Å². The van der Waals surface area contributed by atoms with Gasteiger partial charge in [-0.05, 0) is 36.4 Å². The number of carboxylic acid groups (broad SMARTS) is 3. The Morgan fingerprint density at radius 3 is 0.893 bits per heavy atom. The summed E-state index contributed by atoms with van der Waals surface area (Å²) in [5.74, 6) is -3.72. The van der Waals surface area contributed by atoms with Crippen LogP contribution in [0.25, 0.3) is 0 Å². The summed E-state index contributed by atoms with van der Waals surface area (Å²) < 4.78 is 0. The van der Waals surface area contributed by atoms with Gasteiger partial charge < -0.3 is 29.7 Å². The molecule has 0 atom stereocenters. The van der Waals surface area contributed by atoms with E-state index in [1.165, 1.54) is 36.8 Å². The first kappa shape index (κ1) is 24.4. The van der Waals surface area contributed by atoms with Crippen molar-refractivity contribution in [1.82, 2.24) is 15.0 Å². The number of hydrogen-bond donors (Lipinski definition) is 0. The fourth-order valence-electron chi connectivity index (χ4n) is 1.45. The molecule has 0 aliphatic carbocycles. The Kier molecular flexibility index (Phi) is 11.9. The number of carbonyl (C=O) groups is 3. The molecule has 0 bridgehead atoms. The van der Waals surface area contributed by atoms with Crippen LogP contribution in [0.1, 0.15) is 31.5 Å². The van der Waals surface area contributed by atoms with Crippen LogP contribution < -0.4 is 15.3 Å². The van der Waals surface area contributed by atoms with Crippen molar-refractivity contribution in [2.24, 2.45) is 0 Å². The van der Waals surface area contributed by atoms with Crippen LogP contribution in [0.3, 0.4) is 0 Å². The van der Waals surface area contributed by atoms with Crippen molar-refractivity contribution in [2.75, 3.05) is 0 Å². The van der Waals surface area contributed by atoms with E-state index in [2.05, 4.69) is 15.0 Å².